The molecule has 0 bridgehead atoms. The molecule has 8 nitrogen and oxygen atoms in total. The zero-order valence-corrected chi connectivity index (χ0v) is 19.0. The summed E-state index contributed by atoms with van der Waals surface area (Å²) >= 11 is 0. The minimum absolute atomic E-state index is 0.0410. The third-order valence-corrected chi connectivity index (χ3v) is 4.87. The van der Waals surface area contributed by atoms with Crippen LogP contribution in [0.1, 0.15) is 88.4 Å². The van der Waals surface area contributed by atoms with Gasteiger partial charge in [0.2, 0.25) is 11.8 Å². The monoisotopic (exact) mass is 450 g/mol. The number of ketones is 4. The van der Waals surface area contributed by atoms with Crippen LogP contribution in [-0.4, -0.2) is 34.9 Å². The molecule has 0 unspecified atom stereocenters. The summed E-state index contributed by atoms with van der Waals surface area (Å²) in [6, 6.07) is 8.93. The number of hydrogen-bond donors (Lipinski definition) is 2. The van der Waals surface area contributed by atoms with E-state index in [4.69, 9.17) is 0 Å². The van der Waals surface area contributed by atoms with Gasteiger partial charge in [0.1, 0.15) is 0 Å². The average Bonchev–Trinajstić information content (AvgIpc) is 2.72. The summed E-state index contributed by atoms with van der Waals surface area (Å²) in [5.41, 5.74) is 1.93. The van der Waals surface area contributed by atoms with Gasteiger partial charge in [-0.3, -0.25) is 28.8 Å². The lowest BCUT2D eigenvalue weighted by atomic mass is 10.0. The fourth-order valence-electron chi connectivity index (χ4n) is 3.07. The van der Waals surface area contributed by atoms with Crippen LogP contribution in [0.5, 0.6) is 0 Å². The molecule has 0 aliphatic rings. The predicted octanol–water partition coefficient (Wildman–Crippen LogP) is 4.24. The second-order valence-corrected chi connectivity index (χ2v) is 7.77. The number of hydrogen-bond acceptors (Lipinski definition) is 6. The normalized spacial score (nSPS) is 10.3. The minimum Gasteiger partial charge on any atom is -0.326 e. The van der Waals surface area contributed by atoms with Gasteiger partial charge in [-0.15, -0.1) is 0 Å². The number of Topliss-reactive ketones (excluding diaryl/α,β-unsaturated/α-hetero) is 4. The first-order valence-corrected chi connectivity index (χ1v) is 10.4. The molecule has 172 valence electrons. The maximum atomic E-state index is 12.3. The van der Waals surface area contributed by atoms with Crippen molar-refractivity contribution < 1.29 is 28.8 Å². The van der Waals surface area contributed by atoms with Gasteiger partial charge in [0.25, 0.3) is 0 Å². The molecular weight excluding hydrogens is 424 g/mol. The number of anilines is 2. The third-order valence-electron chi connectivity index (χ3n) is 4.87. The van der Waals surface area contributed by atoms with Crippen molar-refractivity contribution in [2.75, 3.05) is 10.6 Å². The van der Waals surface area contributed by atoms with Crippen LogP contribution in [0.3, 0.4) is 0 Å². The third kappa shape index (κ3) is 7.60. The minimum atomic E-state index is -0.365. The van der Waals surface area contributed by atoms with E-state index in [1.807, 2.05) is 0 Å². The number of benzene rings is 2. The molecule has 0 saturated carbocycles. The summed E-state index contributed by atoms with van der Waals surface area (Å²) in [6.07, 6.45) is 0.328. The average molecular weight is 450 g/mol. The Balaban J connectivity index is 1.96. The lowest BCUT2D eigenvalue weighted by molar-refractivity contribution is -0.117. The Labute approximate surface area is 191 Å². The Morgan fingerprint density at radius 2 is 0.788 bits per heavy atom. The van der Waals surface area contributed by atoms with E-state index in [0.717, 1.165) is 0 Å². The van der Waals surface area contributed by atoms with E-state index in [1.165, 1.54) is 64.1 Å². The van der Waals surface area contributed by atoms with Crippen molar-refractivity contribution in [2.24, 2.45) is 0 Å². The van der Waals surface area contributed by atoms with Crippen molar-refractivity contribution >= 4 is 46.3 Å². The number of rotatable bonds is 10. The molecule has 0 radical (unpaired) electrons. The van der Waals surface area contributed by atoms with E-state index in [9.17, 15) is 28.8 Å². The van der Waals surface area contributed by atoms with Gasteiger partial charge in [-0.05, 0) is 70.5 Å². The molecule has 0 heterocycles. The van der Waals surface area contributed by atoms with Gasteiger partial charge in [-0.25, -0.2) is 0 Å². The number of carbonyl (C=O) groups is 6. The van der Waals surface area contributed by atoms with Crippen molar-refractivity contribution in [3.05, 3.63) is 58.7 Å². The number of amides is 2. The second-order valence-electron chi connectivity index (χ2n) is 7.77. The van der Waals surface area contributed by atoms with Gasteiger partial charge in [-0.1, -0.05) is 0 Å². The van der Waals surface area contributed by atoms with Crippen LogP contribution in [0.25, 0.3) is 0 Å². The van der Waals surface area contributed by atoms with Crippen LogP contribution in [0.15, 0.2) is 36.4 Å². The molecule has 8 heteroatoms. The molecule has 0 aromatic heterocycles. The van der Waals surface area contributed by atoms with Crippen molar-refractivity contribution in [1.82, 2.24) is 0 Å². The van der Waals surface area contributed by atoms with Crippen molar-refractivity contribution in [3.8, 4) is 0 Å². The molecule has 0 spiro atoms. The Hall–Kier alpha value is -3.94. The largest absolute Gasteiger partial charge is 0.326 e. The van der Waals surface area contributed by atoms with Crippen LogP contribution >= 0.6 is 0 Å². The zero-order valence-electron chi connectivity index (χ0n) is 19.0. The van der Waals surface area contributed by atoms with E-state index in [0.29, 0.717) is 33.6 Å². The molecule has 0 fully saturated rings. The highest BCUT2D eigenvalue weighted by Gasteiger charge is 2.13. The maximum absolute atomic E-state index is 12.3. The Morgan fingerprint density at radius 1 is 0.515 bits per heavy atom. The standard InChI is InChI=1S/C25H26N2O6/c1-14(28)18-8-19(15(2)29)11-22(10-18)26-24(32)6-5-7-25(33)27-23-12-20(16(3)30)9-21(13-23)17(4)31/h8-13H,5-7H2,1-4H3,(H,26,32)(H,27,33). The highest BCUT2D eigenvalue weighted by Crippen LogP contribution is 2.18. The summed E-state index contributed by atoms with van der Waals surface area (Å²) in [4.78, 5) is 71.2. The Kier molecular flexibility index (Phi) is 8.50. The molecule has 0 aliphatic heterocycles. The molecule has 2 aromatic carbocycles. The van der Waals surface area contributed by atoms with Crippen molar-refractivity contribution in [2.45, 2.75) is 47.0 Å². The molecule has 2 amide bonds. The molecule has 0 atom stereocenters. The van der Waals surface area contributed by atoms with Gasteiger partial charge < -0.3 is 10.6 Å². The zero-order chi connectivity index (χ0) is 24.7. The van der Waals surface area contributed by atoms with Gasteiger partial charge in [0.05, 0.1) is 0 Å². The van der Waals surface area contributed by atoms with Crippen LogP contribution in [0, 0.1) is 0 Å². The maximum Gasteiger partial charge on any atom is 0.224 e. The number of carbonyl (C=O) groups excluding carboxylic acids is 6. The highest BCUT2D eigenvalue weighted by molar-refractivity contribution is 6.04. The van der Waals surface area contributed by atoms with Gasteiger partial charge in [0.15, 0.2) is 23.1 Å². The van der Waals surface area contributed by atoms with E-state index in [1.54, 1.807) is 0 Å². The molecular formula is C25H26N2O6. The first kappa shape index (κ1) is 25.3. The van der Waals surface area contributed by atoms with Crippen molar-refractivity contribution in [1.29, 1.82) is 0 Å². The lowest BCUT2D eigenvalue weighted by Gasteiger charge is -2.10. The van der Waals surface area contributed by atoms with Gasteiger partial charge in [0, 0.05) is 46.5 Å². The molecule has 2 N–H and O–H groups in total. The van der Waals surface area contributed by atoms with Crippen LogP contribution in [-0.2, 0) is 9.59 Å². The SMILES string of the molecule is CC(=O)c1cc(NC(=O)CCCC(=O)Nc2cc(C(C)=O)cc(C(C)=O)c2)cc(C(C)=O)c1. The Morgan fingerprint density at radius 3 is 1.03 bits per heavy atom. The summed E-state index contributed by atoms with van der Waals surface area (Å²) < 4.78 is 0. The molecule has 2 aromatic rings. The topological polar surface area (TPSA) is 126 Å². The summed E-state index contributed by atoms with van der Waals surface area (Å²) in [5, 5.41) is 5.29. The quantitative estimate of drug-likeness (QED) is 0.521. The molecule has 0 aliphatic carbocycles. The van der Waals surface area contributed by atoms with Crippen LogP contribution < -0.4 is 10.6 Å². The van der Waals surface area contributed by atoms with E-state index in [-0.39, 0.29) is 54.2 Å². The Bertz CT molecular complexity index is 996. The number of nitrogens with one attached hydrogen (secondary N) is 2. The smallest absolute Gasteiger partial charge is 0.224 e. The first-order chi connectivity index (χ1) is 15.5. The molecule has 0 saturated heterocycles. The fraction of sp³-hybridized carbons (Fsp3) is 0.280. The lowest BCUT2D eigenvalue weighted by Crippen LogP contribution is -2.16. The van der Waals surface area contributed by atoms with Gasteiger partial charge >= 0.3 is 0 Å². The summed E-state index contributed by atoms with van der Waals surface area (Å²) in [7, 11) is 0. The van der Waals surface area contributed by atoms with E-state index < -0.39 is 0 Å². The fourth-order valence-corrected chi connectivity index (χ4v) is 3.07. The van der Waals surface area contributed by atoms with Crippen LogP contribution in [0.4, 0.5) is 11.4 Å². The summed E-state index contributed by atoms with van der Waals surface area (Å²) in [5.74, 6) is -1.65. The van der Waals surface area contributed by atoms with Crippen LogP contribution in [0.2, 0.25) is 0 Å². The predicted molar refractivity (Wildman–Crippen MR) is 124 cm³/mol. The molecule has 33 heavy (non-hydrogen) atoms. The van der Waals surface area contributed by atoms with E-state index >= 15 is 0 Å². The first-order valence-electron chi connectivity index (χ1n) is 10.4. The van der Waals surface area contributed by atoms with E-state index in [2.05, 4.69) is 10.6 Å². The highest BCUT2D eigenvalue weighted by atomic mass is 16.2. The van der Waals surface area contributed by atoms with Gasteiger partial charge in [-0.2, -0.15) is 0 Å². The van der Waals surface area contributed by atoms with Crippen molar-refractivity contribution in [3.63, 3.8) is 0 Å². The summed E-state index contributed by atoms with van der Waals surface area (Å²) in [6.45, 7) is 5.48. The molecule has 2 rings (SSSR count). The second kappa shape index (κ2) is 11.1.